The highest BCUT2D eigenvalue weighted by Gasteiger charge is 2.17. The van der Waals surface area contributed by atoms with Crippen LogP contribution in [0.2, 0.25) is 0 Å². The first kappa shape index (κ1) is 20.7. The zero-order chi connectivity index (χ0) is 25.5. The Hall–Kier alpha value is -5.35. The van der Waals surface area contributed by atoms with Gasteiger partial charge in [-0.2, -0.15) is 0 Å². The van der Waals surface area contributed by atoms with Crippen LogP contribution in [0.15, 0.2) is 132 Å². The standard InChI is InChI=1S/C35H21N3O/c1-4-11-29-24(8-1)25-9-2-5-12-30(25)37(29)22-15-17-32-27(20-22)26-10-3-6-13-31(26)38(32)23-16-18-33-28(21-23)35-34(39-33)14-7-19-36-35/h1-21H. The first-order chi connectivity index (χ1) is 19.3. The molecule has 0 atom stereocenters. The number of hydrogen-bond acceptors (Lipinski definition) is 2. The molecule has 0 unspecified atom stereocenters. The van der Waals surface area contributed by atoms with Crippen molar-refractivity contribution in [2.45, 2.75) is 0 Å². The van der Waals surface area contributed by atoms with E-state index in [2.05, 4.69) is 123 Å². The van der Waals surface area contributed by atoms with Gasteiger partial charge < -0.3 is 13.6 Å². The molecule has 0 saturated carbocycles. The van der Waals surface area contributed by atoms with Crippen LogP contribution in [0.1, 0.15) is 0 Å². The van der Waals surface area contributed by atoms with E-state index in [1.165, 1.54) is 43.6 Å². The van der Waals surface area contributed by atoms with Crippen LogP contribution in [0.3, 0.4) is 0 Å². The van der Waals surface area contributed by atoms with Gasteiger partial charge in [0.25, 0.3) is 0 Å². The van der Waals surface area contributed by atoms with Gasteiger partial charge in [-0.15, -0.1) is 0 Å². The quantitative estimate of drug-likeness (QED) is 0.238. The van der Waals surface area contributed by atoms with Gasteiger partial charge in [-0.3, -0.25) is 4.98 Å². The fourth-order valence-corrected chi connectivity index (χ4v) is 6.30. The number of fused-ring (bicyclic) bond motifs is 9. The lowest BCUT2D eigenvalue weighted by atomic mass is 10.1. The third-order valence-electron chi connectivity index (χ3n) is 7.96. The molecule has 9 rings (SSSR count). The monoisotopic (exact) mass is 499 g/mol. The van der Waals surface area contributed by atoms with Crippen LogP contribution in [0.25, 0.3) is 77.1 Å². The van der Waals surface area contributed by atoms with E-state index in [0.717, 1.165) is 33.4 Å². The molecule has 0 bridgehead atoms. The van der Waals surface area contributed by atoms with Crippen molar-refractivity contribution in [1.29, 1.82) is 0 Å². The molecule has 9 aromatic rings. The van der Waals surface area contributed by atoms with Gasteiger partial charge in [0.2, 0.25) is 0 Å². The normalized spacial score (nSPS) is 12.1. The minimum Gasteiger partial charge on any atom is -0.454 e. The topological polar surface area (TPSA) is 35.9 Å². The summed E-state index contributed by atoms with van der Waals surface area (Å²) in [5, 5.41) is 6.01. The van der Waals surface area contributed by atoms with Crippen LogP contribution < -0.4 is 0 Å². The Bertz CT molecular complexity index is 2350. The summed E-state index contributed by atoms with van der Waals surface area (Å²) in [7, 11) is 0. The first-order valence-electron chi connectivity index (χ1n) is 13.1. The van der Waals surface area contributed by atoms with Gasteiger partial charge >= 0.3 is 0 Å². The van der Waals surface area contributed by atoms with Crippen molar-refractivity contribution in [2.24, 2.45) is 0 Å². The van der Waals surface area contributed by atoms with Crippen molar-refractivity contribution in [1.82, 2.24) is 14.1 Å². The van der Waals surface area contributed by atoms with Gasteiger partial charge in [-0.05, 0) is 66.7 Å². The predicted octanol–water partition coefficient (Wildman–Crippen LogP) is 9.18. The Kier molecular flexibility index (Phi) is 4.02. The van der Waals surface area contributed by atoms with Gasteiger partial charge in [0.05, 0.1) is 22.1 Å². The van der Waals surface area contributed by atoms with Crippen LogP contribution in [0, 0.1) is 0 Å². The lowest BCUT2D eigenvalue weighted by Gasteiger charge is -2.10. The highest BCUT2D eigenvalue weighted by Crippen LogP contribution is 2.38. The summed E-state index contributed by atoms with van der Waals surface area (Å²) < 4.78 is 10.8. The third kappa shape index (κ3) is 2.80. The van der Waals surface area contributed by atoms with E-state index in [4.69, 9.17) is 4.42 Å². The van der Waals surface area contributed by atoms with Crippen molar-refractivity contribution in [2.75, 3.05) is 0 Å². The summed E-state index contributed by atoms with van der Waals surface area (Å²) in [5.74, 6) is 0. The number of benzene rings is 5. The molecule has 0 radical (unpaired) electrons. The number of aromatic nitrogens is 3. The number of nitrogens with zero attached hydrogens (tertiary/aromatic N) is 3. The van der Waals surface area contributed by atoms with Crippen molar-refractivity contribution in [3.63, 3.8) is 0 Å². The fourth-order valence-electron chi connectivity index (χ4n) is 6.30. The zero-order valence-corrected chi connectivity index (χ0v) is 20.9. The van der Waals surface area contributed by atoms with Crippen LogP contribution in [0.4, 0.5) is 0 Å². The maximum Gasteiger partial charge on any atom is 0.153 e. The van der Waals surface area contributed by atoms with Crippen molar-refractivity contribution >= 4 is 65.7 Å². The largest absolute Gasteiger partial charge is 0.454 e. The highest BCUT2D eigenvalue weighted by atomic mass is 16.3. The van der Waals surface area contributed by atoms with E-state index in [9.17, 15) is 0 Å². The smallest absolute Gasteiger partial charge is 0.153 e. The van der Waals surface area contributed by atoms with E-state index in [0.29, 0.717) is 0 Å². The molecule has 4 heteroatoms. The zero-order valence-electron chi connectivity index (χ0n) is 20.9. The number of para-hydroxylation sites is 3. The molecule has 0 N–H and O–H groups in total. The number of pyridine rings is 1. The van der Waals surface area contributed by atoms with Crippen molar-refractivity contribution in [3.05, 3.63) is 128 Å². The Morgan fingerprint density at radius 2 is 0.974 bits per heavy atom. The molecule has 4 heterocycles. The average molecular weight is 500 g/mol. The summed E-state index contributed by atoms with van der Waals surface area (Å²) in [5.41, 5.74) is 9.56. The molecular weight excluding hydrogens is 478 g/mol. The first-order valence-corrected chi connectivity index (χ1v) is 13.1. The van der Waals surface area contributed by atoms with Crippen LogP contribution in [-0.4, -0.2) is 14.1 Å². The maximum atomic E-state index is 6.05. The van der Waals surface area contributed by atoms with Crippen LogP contribution in [-0.2, 0) is 0 Å². The van der Waals surface area contributed by atoms with Crippen LogP contribution in [0.5, 0.6) is 0 Å². The summed E-state index contributed by atoms with van der Waals surface area (Å²) in [6.07, 6.45) is 1.82. The van der Waals surface area contributed by atoms with E-state index < -0.39 is 0 Å². The molecule has 0 aliphatic rings. The van der Waals surface area contributed by atoms with Gasteiger partial charge in [0.15, 0.2) is 5.58 Å². The van der Waals surface area contributed by atoms with Crippen molar-refractivity contribution < 1.29 is 4.42 Å². The van der Waals surface area contributed by atoms with Crippen LogP contribution >= 0.6 is 0 Å². The maximum absolute atomic E-state index is 6.05. The fraction of sp³-hybridized carbons (Fsp3) is 0. The second-order valence-electron chi connectivity index (χ2n) is 10.1. The SMILES string of the molecule is c1cnc2c(c1)oc1ccc(-n3c4ccccc4c4cc(-n5c6ccccc6c6ccccc65)ccc43)cc12. The highest BCUT2D eigenvalue weighted by molar-refractivity contribution is 6.12. The number of hydrogen-bond donors (Lipinski definition) is 0. The number of rotatable bonds is 2. The van der Waals surface area contributed by atoms with Gasteiger partial charge in [-0.1, -0.05) is 54.6 Å². The Morgan fingerprint density at radius 3 is 1.64 bits per heavy atom. The third-order valence-corrected chi connectivity index (χ3v) is 7.96. The van der Waals surface area contributed by atoms with E-state index >= 15 is 0 Å². The molecule has 4 aromatic heterocycles. The summed E-state index contributed by atoms with van der Waals surface area (Å²) in [6, 6.07) is 43.1. The van der Waals surface area contributed by atoms with Gasteiger partial charge in [0.1, 0.15) is 11.1 Å². The molecule has 5 aromatic carbocycles. The summed E-state index contributed by atoms with van der Waals surface area (Å²) >= 11 is 0. The number of furan rings is 1. The minimum atomic E-state index is 0.808. The molecule has 0 aliphatic carbocycles. The molecule has 0 spiro atoms. The van der Waals surface area contributed by atoms with Gasteiger partial charge in [0, 0.05) is 44.5 Å². The lowest BCUT2D eigenvalue weighted by molar-refractivity contribution is 0.668. The molecule has 0 fully saturated rings. The Morgan fingerprint density at radius 1 is 0.436 bits per heavy atom. The molecule has 0 aliphatic heterocycles. The van der Waals surface area contributed by atoms with Crippen molar-refractivity contribution in [3.8, 4) is 11.4 Å². The molecular formula is C35H21N3O. The average Bonchev–Trinajstić information content (AvgIpc) is 3.64. The van der Waals surface area contributed by atoms with E-state index in [1.807, 2.05) is 18.3 Å². The lowest BCUT2D eigenvalue weighted by Crippen LogP contribution is -1.95. The molecule has 182 valence electrons. The summed E-state index contributed by atoms with van der Waals surface area (Å²) in [6.45, 7) is 0. The molecule has 4 nitrogen and oxygen atoms in total. The second kappa shape index (κ2) is 7.59. The molecule has 0 amide bonds. The minimum absolute atomic E-state index is 0.808. The Balaban J connectivity index is 1.34. The molecule has 0 saturated heterocycles. The summed E-state index contributed by atoms with van der Waals surface area (Å²) in [4.78, 5) is 4.60. The second-order valence-corrected chi connectivity index (χ2v) is 10.1. The molecule has 39 heavy (non-hydrogen) atoms. The predicted molar refractivity (Wildman–Crippen MR) is 160 cm³/mol. The van der Waals surface area contributed by atoms with E-state index in [-0.39, 0.29) is 0 Å². The Labute approximate surface area is 222 Å². The van der Waals surface area contributed by atoms with Gasteiger partial charge in [-0.25, -0.2) is 0 Å². The van der Waals surface area contributed by atoms with E-state index in [1.54, 1.807) is 0 Å².